The van der Waals surface area contributed by atoms with Gasteiger partial charge in [0.1, 0.15) is 17.3 Å². The third kappa shape index (κ3) is 3.57. The van der Waals surface area contributed by atoms with E-state index >= 15 is 0 Å². The van der Waals surface area contributed by atoms with Crippen molar-refractivity contribution in [2.75, 3.05) is 4.90 Å². The molecule has 1 fully saturated rings. The van der Waals surface area contributed by atoms with Crippen LogP contribution >= 0.6 is 0 Å². The van der Waals surface area contributed by atoms with Crippen molar-refractivity contribution < 1.29 is 24.2 Å². The number of aliphatic hydroxyl groups excluding tert-OH is 1. The highest BCUT2D eigenvalue weighted by Crippen LogP contribution is 2.42. The van der Waals surface area contributed by atoms with E-state index in [0.717, 1.165) is 22.1 Å². The van der Waals surface area contributed by atoms with E-state index in [1.54, 1.807) is 24.3 Å². The molecule has 1 aliphatic heterocycles. The number of hydrogen-bond acceptors (Lipinski definition) is 4. The smallest absolute Gasteiger partial charge is 0.300 e. The first-order valence-corrected chi connectivity index (χ1v) is 9.71. The summed E-state index contributed by atoms with van der Waals surface area (Å²) in [4.78, 5) is 27.2. The Morgan fingerprint density at radius 3 is 2.35 bits per heavy atom. The van der Waals surface area contributed by atoms with Gasteiger partial charge in [-0.25, -0.2) is 4.39 Å². The number of phenolic OH excluding ortho intramolecular Hbond substituents is 1. The number of rotatable bonds is 3. The van der Waals surface area contributed by atoms with Gasteiger partial charge >= 0.3 is 0 Å². The van der Waals surface area contributed by atoms with Gasteiger partial charge in [0.05, 0.1) is 11.6 Å². The summed E-state index contributed by atoms with van der Waals surface area (Å²) in [5.41, 5.74) is 2.79. The van der Waals surface area contributed by atoms with E-state index in [0.29, 0.717) is 11.1 Å². The van der Waals surface area contributed by atoms with Gasteiger partial charge in [0, 0.05) is 11.3 Å². The zero-order valence-electron chi connectivity index (χ0n) is 17.0. The molecule has 1 atom stereocenters. The SMILES string of the molecule is Cc1ccc(/C(O)=C2\C(=O)C(=O)N(c3cccc(F)c3)C2c2cccc(O)c2)cc1C. The fourth-order valence-corrected chi connectivity index (χ4v) is 3.78. The van der Waals surface area contributed by atoms with Gasteiger partial charge < -0.3 is 10.2 Å². The van der Waals surface area contributed by atoms with Crippen LogP contribution in [0.1, 0.15) is 28.3 Å². The van der Waals surface area contributed by atoms with Crippen LogP contribution in [0.4, 0.5) is 10.1 Å². The van der Waals surface area contributed by atoms with Gasteiger partial charge in [-0.15, -0.1) is 0 Å². The van der Waals surface area contributed by atoms with Gasteiger partial charge in [-0.05, 0) is 66.9 Å². The quantitative estimate of drug-likeness (QED) is 0.365. The fourth-order valence-electron chi connectivity index (χ4n) is 3.78. The average Bonchev–Trinajstić information content (AvgIpc) is 3.00. The van der Waals surface area contributed by atoms with Crippen LogP contribution in [-0.4, -0.2) is 21.9 Å². The van der Waals surface area contributed by atoms with E-state index in [1.807, 2.05) is 19.9 Å². The summed E-state index contributed by atoms with van der Waals surface area (Å²) in [5.74, 6) is -2.72. The number of ketones is 1. The number of phenols is 1. The number of aliphatic hydroxyl groups is 1. The summed E-state index contributed by atoms with van der Waals surface area (Å²) >= 11 is 0. The monoisotopic (exact) mass is 417 g/mol. The molecule has 6 heteroatoms. The lowest BCUT2D eigenvalue weighted by Crippen LogP contribution is -2.29. The minimum Gasteiger partial charge on any atom is -0.508 e. The van der Waals surface area contributed by atoms with Crippen molar-refractivity contribution >= 4 is 23.1 Å². The zero-order chi connectivity index (χ0) is 22.3. The first-order valence-electron chi connectivity index (χ1n) is 9.71. The second kappa shape index (κ2) is 7.72. The first kappa shape index (κ1) is 20.3. The van der Waals surface area contributed by atoms with Crippen LogP contribution in [0.15, 0.2) is 72.3 Å². The molecule has 0 aromatic heterocycles. The Hall–Kier alpha value is -3.93. The standard InChI is InChI=1S/C25H20FNO4/c1-14-9-10-17(11-15(14)2)23(29)21-22(16-5-3-8-20(28)12-16)27(25(31)24(21)30)19-7-4-6-18(26)13-19/h3-13,22,28-29H,1-2H3/b23-21+. The van der Waals surface area contributed by atoms with E-state index in [2.05, 4.69) is 0 Å². The molecule has 0 bridgehead atoms. The lowest BCUT2D eigenvalue weighted by Gasteiger charge is -2.25. The number of halogens is 1. The van der Waals surface area contributed by atoms with Gasteiger partial charge in [0.15, 0.2) is 0 Å². The summed E-state index contributed by atoms with van der Waals surface area (Å²) < 4.78 is 13.9. The molecule has 3 aromatic carbocycles. The van der Waals surface area contributed by atoms with Crippen LogP contribution in [0.2, 0.25) is 0 Å². The largest absolute Gasteiger partial charge is 0.508 e. The van der Waals surface area contributed by atoms with E-state index in [9.17, 15) is 24.2 Å². The van der Waals surface area contributed by atoms with Gasteiger partial charge in [-0.1, -0.05) is 30.3 Å². The van der Waals surface area contributed by atoms with Gasteiger partial charge in [0.25, 0.3) is 11.7 Å². The molecule has 0 radical (unpaired) electrons. The highest BCUT2D eigenvalue weighted by atomic mass is 19.1. The Morgan fingerprint density at radius 2 is 1.68 bits per heavy atom. The lowest BCUT2D eigenvalue weighted by atomic mass is 9.94. The molecule has 2 N–H and O–H groups in total. The van der Waals surface area contributed by atoms with Crippen LogP contribution in [0.25, 0.3) is 5.76 Å². The number of anilines is 1. The maximum absolute atomic E-state index is 13.9. The lowest BCUT2D eigenvalue weighted by molar-refractivity contribution is -0.132. The number of nitrogens with zero attached hydrogens (tertiary/aromatic N) is 1. The summed E-state index contributed by atoms with van der Waals surface area (Å²) in [6.07, 6.45) is 0. The molecular weight excluding hydrogens is 397 g/mol. The van der Waals surface area contributed by atoms with Crippen molar-refractivity contribution in [3.63, 3.8) is 0 Å². The van der Waals surface area contributed by atoms with Crippen LogP contribution in [0, 0.1) is 19.7 Å². The topological polar surface area (TPSA) is 77.8 Å². The molecule has 0 saturated carbocycles. The van der Waals surface area contributed by atoms with Crippen LogP contribution in [0.3, 0.4) is 0 Å². The molecular formula is C25H20FNO4. The van der Waals surface area contributed by atoms with Crippen LogP contribution in [0.5, 0.6) is 5.75 Å². The second-order valence-corrected chi connectivity index (χ2v) is 7.54. The van der Waals surface area contributed by atoms with E-state index in [4.69, 9.17) is 0 Å². The number of Topliss-reactive ketones (excluding diaryl/α,β-unsaturated/α-hetero) is 1. The molecule has 0 aliphatic carbocycles. The Kier molecular flexibility index (Phi) is 5.07. The normalized spacial score (nSPS) is 17.9. The number of aryl methyl sites for hydroxylation is 2. The third-order valence-electron chi connectivity index (χ3n) is 5.50. The predicted octanol–water partition coefficient (Wildman–Crippen LogP) is 4.77. The fraction of sp³-hybridized carbons (Fsp3) is 0.120. The number of benzene rings is 3. The molecule has 4 rings (SSSR count). The maximum Gasteiger partial charge on any atom is 0.300 e. The number of amides is 1. The predicted molar refractivity (Wildman–Crippen MR) is 115 cm³/mol. The second-order valence-electron chi connectivity index (χ2n) is 7.54. The molecule has 1 heterocycles. The molecule has 1 unspecified atom stereocenters. The molecule has 0 spiro atoms. The summed E-state index contributed by atoms with van der Waals surface area (Å²) in [7, 11) is 0. The third-order valence-corrected chi connectivity index (χ3v) is 5.50. The average molecular weight is 417 g/mol. The van der Waals surface area contributed by atoms with Crippen molar-refractivity contribution in [3.8, 4) is 5.75 Å². The van der Waals surface area contributed by atoms with E-state index in [1.165, 1.54) is 30.3 Å². The summed E-state index contributed by atoms with van der Waals surface area (Å²) in [6.45, 7) is 3.80. The van der Waals surface area contributed by atoms with Gasteiger partial charge in [-0.3, -0.25) is 14.5 Å². The molecule has 156 valence electrons. The Bertz CT molecular complexity index is 1250. The number of hydrogen-bond donors (Lipinski definition) is 2. The van der Waals surface area contributed by atoms with E-state index < -0.39 is 23.5 Å². The van der Waals surface area contributed by atoms with Gasteiger partial charge in [-0.2, -0.15) is 0 Å². The van der Waals surface area contributed by atoms with E-state index in [-0.39, 0.29) is 22.8 Å². The number of aromatic hydroxyl groups is 1. The van der Waals surface area contributed by atoms with Gasteiger partial charge in [0.2, 0.25) is 0 Å². The van der Waals surface area contributed by atoms with Crippen molar-refractivity contribution in [2.45, 2.75) is 19.9 Å². The summed E-state index contributed by atoms with van der Waals surface area (Å²) in [6, 6.07) is 15.6. The highest BCUT2D eigenvalue weighted by molar-refractivity contribution is 6.51. The minimum atomic E-state index is -1.03. The molecule has 1 aliphatic rings. The maximum atomic E-state index is 13.9. The molecule has 31 heavy (non-hydrogen) atoms. The Morgan fingerprint density at radius 1 is 0.935 bits per heavy atom. The molecule has 3 aromatic rings. The van der Waals surface area contributed by atoms with Crippen molar-refractivity contribution in [1.82, 2.24) is 0 Å². The van der Waals surface area contributed by atoms with Crippen molar-refractivity contribution in [3.05, 3.63) is 100 Å². The number of carbonyl (C=O) groups is 2. The first-order chi connectivity index (χ1) is 14.8. The minimum absolute atomic E-state index is 0.0616. The van der Waals surface area contributed by atoms with Crippen molar-refractivity contribution in [2.24, 2.45) is 0 Å². The van der Waals surface area contributed by atoms with Crippen molar-refractivity contribution in [1.29, 1.82) is 0 Å². The van der Waals surface area contributed by atoms with Crippen LogP contribution < -0.4 is 4.90 Å². The molecule has 5 nitrogen and oxygen atoms in total. The summed E-state index contributed by atoms with van der Waals surface area (Å²) in [5, 5.41) is 21.1. The molecule has 1 saturated heterocycles. The Labute approximate surface area is 178 Å². The van der Waals surface area contributed by atoms with Crippen LogP contribution in [-0.2, 0) is 9.59 Å². The highest BCUT2D eigenvalue weighted by Gasteiger charge is 2.47. The number of carbonyl (C=O) groups excluding carboxylic acids is 2. The molecule has 1 amide bonds. The zero-order valence-corrected chi connectivity index (χ0v) is 17.0. The Balaban J connectivity index is 1.97.